The van der Waals surface area contributed by atoms with Gasteiger partial charge in [0.05, 0.1) is 16.7 Å². The molecule has 0 atom stereocenters. The molecule has 0 heterocycles. The van der Waals surface area contributed by atoms with E-state index in [4.69, 9.17) is 0 Å². The lowest BCUT2D eigenvalue weighted by atomic mass is 10.0. The molecule has 2 aliphatic rings. The Bertz CT molecular complexity index is 1200. The summed E-state index contributed by atoms with van der Waals surface area (Å²) in [7, 11) is -3.98. The van der Waals surface area contributed by atoms with E-state index in [0.29, 0.717) is 11.1 Å². The van der Waals surface area contributed by atoms with Gasteiger partial charge in [0.1, 0.15) is 0 Å². The molecular formula is C23H23F3N2O2S. The molecule has 3 rings (SSSR count). The van der Waals surface area contributed by atoms with Crippen LogP contribution in [0, 0.1) is 13.8 Å². The van der Waals surface area contributed by atoms with Gasteiger partial charge in [-0.1, -0.05) is 44.2 Å². The van der Waals surface area contributed by atoms with Crippen LogP contribution in [0.1, 0.15) is 47.6 Å². The quantitative estimate of drug-likeness (QED) is 0.392. The zero-order valence-corrected chi connectivity index (χ0v) is 18.4. The second kappa shape index (κ2) is 8.34. The van der Waals surface area contributed by atoms with E-state index in [1.807, 2.05) is 32.0 Å². The van der Waals surface area contributed by atoms with Crippen molar-refractivity contribution in [3.63, 3.8) is 0 Å². The molecule has 0 spiro atoms. The van der Waals surface area contributed by atoms with Gasteiger partial charge in [-0.05, 0) is 65.8 Å². The predicted molar refractivity (Wildman–Crippen MR) is 116 cm³/mol. The lowest BCUT2D eigenvalue weighted by Gasteiger charge is -2.07. The van der Waals surface area contributed by atoms with Gasteiger partial charge in [-0.25, -0.2) is 4.83 Å². The van der Waals surface area contributed by atoms with Gasteiger partial charge in [-0.2, -0.15) is 26.7 Å². The van der Waals surface area contributed by atoms with Gasteiger partial charge >= 0.3 is 6.18 Å². The molecule has 2 aliphatic carbocycles. The first-order valence-electron chi connectivity index (χ1n) is 9.66. The summed E-state index contributed by atoms with van der Waals surface area (Å²) in [5.74, 6) is 0.288. The van der Waals surface area contributed by atoms with E-state index in [-0.39, 0.29) is 10.8 Å². The van der Waals surface area contributed by atoms with E-state index >= 15 is 0 Å². The summed E-state index contributed by atoms with van der Waals surface area (Å²) in [5, 5.41) is 3.74. The summed E-state index contributed by atoms with van der Waals surface area (Å²) >= 11 is 0. The topological polar surface area (TPSA) is 58.5 Å². The van der Waals surface area contributed by atoms with Gasteiger partial charge in [0.25, 0.3) is 10.0 Å². The Morgan fingerprint density at radius 1 is 0.968 bits per heavy atom. The molecular weight excluding hydrogens is 425 g/mol. The van der Waals surface area contributed by atoms with Gasteiger partial charge < -0.3 is 0 Å². The van der Waals surface area contributed by atoms with Crippen LogP contribution in [0.15, 0.2) is 58.5 Å². The molecule has 0 radical (unpaired) electrons. The number of aryl methyl sites for hydroxylation is 2. The average molecular weight is 449 g/mol. The third-order valence-electron chi connectivity index (χ3n) is 5.10. The molecule has 0 aliphatic heterocycles. The van der Waals surface area contributed by atoms with Gasteiger partial charge in [0.2, 0.25) is 0 Å². The van der Waals surface area contributed by atoms with Gasteiger partial charge in [0, 0.05) is 5.56 Å². The molecule has 0 unspecified atom stereocenters. The summed E-state index contributed by atoms with van der Waals surface area (Å²) < 4.78 is 63.8. The van der Waals surface area contributed by atoms with Crippen LogP contribution < -0.4 is 4.83 Å². The summed E-state index contributed by atoms with van der Waals surface area (Å²) in [6.07, 6.45) is -3.27. The minimum Gasteiger partial charge on any atom is -0.200 e. The van der Waals surface area contributed by atoms with Crippen LogP contribution in [-0.2, 0) is 16.2 Å². The second-order valence-corrected chi connectivity index (χ2v) is 9.40. The van der Waals surface area contributed by atoms with Crippen LogP contribution in [0.25, 0.3) is 11.1 Å². The van der Waals surface area contributed by atoms with Crippen molar-refractivity contribution in [1.82, 2.24) is 4.83 Å². The predicted octanol–water partition coefficient (Wildman–Crippen LogP) is 5.86. The van der Waals surface area contributed by atoms with Crippen LogP contribution >= 0.6 is 0 Å². The Balaban J connectivity index is 1.90. The molecule has 1 aromatic rings. The highest BCUT2D eigenvalue weighted by Gasteiger charge is 2.30. The highest BCUT2D eigenvalue weighted by atomic mass is 32.2. The molecule has 164 valence electrons. The first-order chi connectivity index (χ1) is 14.4. The number of fused-ring (bicyclic) bond motifs is 1. The van der Waals surface area contributed by atoms with Crippen LogP contribution in [-0.4, -0.2) is 14.6 Å². The maximum atomic E-state index is 12.9. The number of sulfonamides is 1. The van der Waals surface area contributed by atoms with Crippen molar-refractivity contribution in [2.24, 2.45) is 5.10 Å². The van der Waals surface area contributed by atoms with Crippen molar-refractivity contribution >= 4 is 16.2 Å². The lowest BCUT2D eigenvalue weighted by molar-refractivity contribution is -0.137. The van der Waals surface area contributed by atoms with Crippen LogP contribution in [0.4, 0.5) is 13.2 Å². The van der Waals surface area contributed by atoms with E-state index in [9.17, 15) is 21.6 Å². The third kappa shape index (κ3) is 4.90. The number of hydrogen-bond acceptors (Lipinski definition) is 3. The Hall–Kier alpha value is -2.87. The van der Waals surface area contributed by atoms with Crippen molar-refractivity contribution in [1.29, 1.82) is 0 Å². The van der Waals surface area contributed by atoms with Crippen molar-refractivity contribution < 1.29 is 21.6 Å². The molecule has 0 bridgehead atoms. The molecule has 0 amide bonds. The van der Waals surface area contributed by atoms with Gasteiger partial charge in [-0.3, -0.25) is 0 Å². The first kappa shape index (κ1) is 22.8. The number of nitrogens with zero attached hydrogens (tertiary/aromatic N) is 1. The highest BCUT2D eigenvalue weighted by Crippen LogP contribution is 2.38. The Morgan fingerprint density at radius 2 is 1.61 bits per heavy atom. The fraction of sp³-hybridized carbons (Fsp3) is 0.261. The molecule has 4 nitrogen and oxygen atoms in total. The largest absolute Gasteiger partial charge is 0.416 e. The van der Waals surface area contributed by atoms with E-state index in [0.717, 1.165) is 34.4 Å². The minimum absolute atomic E-state index is 0.118. The molecule has 8 heteroatoms. The van der Waals surface area contributed by atoms with Crippen LogP contribution in [0.3, 0.4) is 0 Å². The number of alkyl halides is 3. The monoisotopic (exact) mass is 448 g/mol. The molecule has 1 aromatic carbocycles. The number of hydrazone groups is 1. The Morgan fingerprint density at radius 3 is 2.19 bits per heavy atom. The molecule has 1 N–H and O–H groups in total. The standard InChI is InChI=1S/C23H23F3N2O2S/c1-14(2)18-8-5-15(3)22-20(12-18)16(4)11-21(22)31(29,30)28-27-13-17-6-9-19(10-7-17)23(24,25)26/h5-14,28H,1-4H3/b27-13+. The molecule has 0 aromatic heterocycles. The van der Waals surface area contributed by atoms with Gasteiger partial charge in [0.15, 0.2) is 0 Å². The van der Waals surface area contributed by atoms with Crippen molar-refractivity contribution in [2.75, 3.05) is 0 Å². The maximum Gasteiger partial charge on any atom is 0.416 e. The van der Waals surface area contributed by atoms with Crippen molar-refractivity contribution in [3.8, 4) is 11.1 Å². The van der Waals surface area contributed by atoms with E-state index in [1.165, 1.54) is 18.3 Å². The second-order valence-electron chi connectivity index (χ2n) is 7.77. The molecule has 0 saturated carbocycles. The average Bonchev–Trinajstić information content (AvgIpc) is 2.90. The van der Waals surface area contributed by atoms with Crippen LogP contribution in [0.5, 0.6) is 0 Å². The lowest BCUT2D eigenvalue weighted by Crippen LogP contribution is -2.18. The Kier molecular flexibility index (Phi) is 6.14. The number of hydrogen-bond donors (Lipinski definition) is 1. The minimum atomic E-state index is -4.43. The summed E-state index contributed by atoms with van der Waals surface area (Å²) in [6.45, 7) is 7.86. The Labute approximate surface area is 180 Å². The SMILES string of the molecule is Cc1cc(S(=O)(=O)N/N=C/c2ccc(C(F)(F)F)cc2)c2c(C)ccc(C(C)C)cc1-2. The summed E-state index contributed by atoms with van der Waals surface area (Å²) in [5.41, 5.74) is 3.80. The molecule has 0 saturated heterocycles. The third-order valence-corrected chi connectivity index (χ3v) is 6.35. The van der Waals surface area contributed by atoms with Crippen molar-refractivity contribution in [2.45, 2.75) is 44.7 Å². The summed E-state index contributed by atoms with van der Waals surface area (Å²) in [4.78, 5) is 2.29. The van der Waals surface area contributed by atoms with Crippen LogP contribution in [0.2, 0.25) is 0 Å². The zero-order chi connectivity index (χ0) is 23.0. The van der Waals surface area contributed by atoms with E-state index < -0.39 is 21.8 Å². The van der Waals surface area contributed by atoms with Crippen molar-refractivity contribution in [3.05, 3.63) is 76.3 Å². The fourth-order valence-electron chi connectivity index (χ4n) is 3.34. The fourth-order valence-corrected chi connectivity index (χ4v) is 4.50. The smallest absolute Gasteiger partial charge is 0.200 e. The highest BCUT2D eigenvalue weighted by molar-refractivity contribution is 7.89. The van der Waals surface area contributed by atoms with E-state index in [1.54, 1.807) is 6.07 Å². The summed E-state index contributed by atoms with van der Waals surface area (Å²) in [6, 6.07) is 11.8. The number of halogens is 3. The van der Waals surface area contributed by atoms with E-state index in [2.05, 4.69) is 23.8 Å². The zero-order valence-electron chi connectivity index (χ0n) is 17.6. The maximum absolute atomic E-state index is 12.9. The number of nitrogens with one attached hydrogen (secondary N) is 1. The molecule has 31 heavy (non-hydrogen) atoms. The number of benzene rings is 1. The normalized spacial score (nSPS) is 12.8. The van der Waals surface area contributed by atoms with Gasteiger partial charge in [-0.15, -0.1) is 0 Å². The first-order valence-corrected chi connectivity index (χ1v) is 11.1. The number of rotatable bonds is 5. The molecule has 0 fully saturated rings.